The Morgan fingerprint density at radius 1 is 0.944 bits per heavy atom. The van der Waals surface area contributed by atoms with E-state index in [1.807, 2.05) is 0 Å². The Balaban J connectivity index is -0.0000000621. The molecule has 0 aromatic heterocycles. The molecular formula is C3H3K3O10S2. The first-order valence-corrected chi connectivity index (χ1v) is 5.27. The van der Waals surface area contributed by atoms with Crippen molar-refractivity contribution in [3.63, 3.8) is 0 Å². The second-order valence-electron chi connectivity index (χ2n) is 1.48. The molecule has 0 saturated carbocycles. The fourth-order valence-corrected chi connectivity index (χ4v) is 0.612. The van der Waals surface area contributed by atoms with Gasteiger partial charge in [-0.1, -0.05) is 6.58 Å². The Kier molecular flexibility index (Phi) is 32.0. The van der Waals surface area contributed by atoms with Crippen LogP contribution in [0.25, 0.3) is 0 Å². The summed E-state index contributed by atoms with van der Waals surface area (Å²) in [5.74, 6) is -1.23. The molecule has 0 heterocycles. The molecule has 0 N–H and O–H groups in total. The molecule has 0 aliphatic heterocycles. The number of hydrogen-bond donors (Lipinski definition) is 0. The number of carbonyl (C=O) groups is 1. The van der Waals surface area contributed by atoms with Gasteiger partial charge in [-0.2, -0.15) is 0 Å². The fraction of sp³-hybridized carbons (Fsp3) is 0. The van der Waals surface area contributed by atoms with Gasteiger partial charge in [0.1, 0.15) is 0 Å². The van der Waals surface area contributed by atoms with Crippen LogP contribution in [0.4, 0.5) is 0 Å². The zero-order chi connectivity index (χ0) is 12.7. The van der Waals surface area contributed by atoms with Gasteiger partial charge in [0, 0.05) is 0 Å². The summed E-state index contributed by atoms with van der Waals surface area (Å²) in [6.45, 7) is 2.90. The molecule has 0 amide bonds. The van der Waals surface area contributed by atoms with Gasteiger partial charge in [-0.25, -0.2) is 16.8 Å². The average molecular weight is 380 g/mol. The molecule has 0 bridgehead atoms. The molecule has 0 aromatic carbocycles. The van der Waals surface area contributed by atoms with Crippen LogP contribution in [0.15, 0.2) is 12.7 Å². The quantitative estimate of drug-likeness (QED) is 0.114. The summed E-state index contributed by atoms with van der Waals surface area (Å²) < 4.78 is 61.5. The number of rotatable bonds is 4. The molecule has 0 atom stereocenters. The molecule has 0 aliphatic carbocycles. The Morgan fingerprint density at radius 3 is 1.17 bits per heavy atom. The van der Waals surface area contributed by atoms with Crippen LogP contribution in [0.5, 0.6) is 0 Å². The van der Waals surface area contributed by atoms with Crippen molar-refractivity contribution in [2.45, 2.75) is 0 Å². The first kappa shape index (κ1) is 33.5. The van der Waals surface area contributed by atoms with E-state index in [9.17, 15) is 25.9 Å². The van der Waals surface area contributed by atoms with E-state index in [0.29, 0.717) is 0 Å². The number of carboxylic acid groups (broad SMARTS) is 1. The van der Waals surface area contributed by atoms with Crippen LogP contribution in [0, 0.1) is 0 Å². The second-order valence-corrected chi connectivity index (χ2v) is 3.38. The maximum atomic E-state index is 9.37. The summed E-state index contributed by atoms with van der Waals surface area (Å²) in [5, 5.41) is 9.14. The zero-order valence-corrected chi connectivity index (χ0v) is 20.7. The van der Waals surface area contributed by atoms with Crippen molar-refractivity contribution in [2.75, 3.05) is 0 Å². The van der Waals surface area contributed by atoms with E-state index in [4.69, 9.17) is 9.90 Å². The van der Waals surface area contributed by atoms with Crippen LogP contribution in [0.3, 0.4) is 0 Å². The molecule has 10 nitrogen and oxygen atoms in total. The van der Waals surface area contributed by atoms with Gasteiger partial charge < -0.3 is 19.0 Å². The number of carbonyl (C=O) groups excluding carboxylic acids is 1. The average Bonchev–Trinajstić information content (AvgIpc) is 2.00. The van der Waals surface area contributed by atoms with E-state index in [1.54, 1.807) is 0 Å². The molecule has 0 spiro atoms. The largest absolute Gasteiger partial charge is 1.00 e. The van der Waals surface area contributed by atoms with Gasteiger partial charge in [0.15, 0.2) is 0 Å². The molecule has 0 aromatic rings. The standard InChI is InChI=1S/C3H4O2.3K.H2O8S2/c1-2-3(4)5;;;;1-9(2,3)7-8-10(4,5)6/h2H,1H2,(H,4,5);;;;(H,1,2,3)(H,4,5,6)/q;3*+1;/p-3. The molecule has 15 heteroatoms. The summed E-state index contributed by atoms with van der Waals surface area (Å²) in [6, 6.07) is 0. The van der Waals surface area contributed by atoms with Crippen molar-refractivity contribution in [2.24, 2.45) is 0 Å². The van der Waals surface area contributed by atoms with E-state index in [1.165, 1.54) is 0 Å². The summed E-state index contributed by atoms with van der Waals surface area (Å²) in [5.41, 5.74) is 0. The molecule has 0 radical (unpaired) electrons. The SMILES string of the molecule is C=CC(=O)[O-].O=S(=O)([O-])OOS(=O)(=O)[O-].[K+].[K+].[K+]. The van der Waals surface area contributed by atoms with Gasteiger partial charge in [0.05, 0.1) is 5.97 Å². The third kappa shape index (κ3) is 42.7. The van der Waals surface area contributed by atoms with Crippen molar-refractivity contribution >= 4 is 26.8 Å². The van der Waals surface area contributed by atoms with Gasteiger partial charge in [-0.3, -0.25) is 0 Å². The van der Waals surface area contributed by atoms with Crippen LogP contribution in [-0.4, -0.2) is 31.9 Å². The molecule has 90 valence electrons. The van der Waals surface area contributed by atoms with Crippen molar-refractivity contribution in [1.29, 1.82) is 0 Å². The maximum Gasteiger partial charge on any atom is 1.00 e. The Morgan fingerprint density at radius 2 is 1.11 bits per heavy atom. The second kappa shape index (κ2) is 17.2. The molecule has 0 fully saturated rings. The monoisotopic (exact) mass is 380 g/mol. The minimum atomic E-state index is -5.31. The minimum Gasteiger partial charge on any atom is -0.724 e. The normalized spacial score (nSPS) is 9.22. The van der Waals surface area contributed by atoms with Crippen molar-refractivity contribution in [3.8, 4) is 0 Å². The summed E-state index contributed by atoms with van der Waals surface area (Å²) in [4.78, 5) is 9.14. The Labute approximate surface area is 231 Å². The predicted molar refractivity (Wildman–Crippen MR) is 36.8 cm³/mol. The first-order chi connectivity index (χ1) is 6.48. The van der Waals surface area contributed by atoms with Crippen molar-refractivity contribution in [1.82, 2.24) is 0 Å². The van der Waals surface area contributed by atoms with E-state index >= 15 is 0 Å². The van der Waals surface area contributed by atoms with Crippen molar-refractivity contribution in [3.05, 3.63) is 12.7 Å². The van der Waals surface area contributed by atoms with E-state index in [-0.39, 0.29) is 154 Å². The molecule has 0 rings (SSSR count). The Bertz CT molecular complexity index is 380. The zero-order valence-electron chi connectivity index (χ0n) is 9.68. The van der Waals surface area contributed by atoms with Crippen LogP contribution in [0.2, 0.25) is 0 Å². The maximum absolute atomic E-state index is 9.37. The first-order valence-electron chi connectivity index (χ1n) is 2.61. The fourth-order valence-electron chi connectivity index (χ4n) is 0.0680. The number of carboxylic acids is 1. The van der Waals surface area contributed by atoms with Crippen LogP contribution < -0.4 is 159 Å². The molecular weight excluding hydrogens is 377 g/mol. The summed E-state index contributed by atoms with van der Waals surface area (Å²) in [7, 11) is -10.6. The summed E-state index contributed by atoms with van der Waals surface area (Å²) >= 11 is 0. The van der Waals surface area contributed by atoms with Gasteiger partial charge in [-0.15, -0.1) is 8.67 Å². The molecule has 0 aliphatic rings. The molecule has 18 heavy (non-hydrogen) atoms. The third-order valence-electron chi connectivity index (χ3n) is 0.361. The number of hydrogen-bond acceptors (Lipinski definition) is 10. The van der Waals surface area contributed by atoms with Crippen LogP contribution >= 0.6 is 0 Å². The minimum absolute atomic E-state index is 0. The number of aliphatic carboxylic acids is 1. The van der Waals surface area contributed by atoms with E-state index in [0.717, 1.165) is 6.08 Å². The predicted octanol–water partition coefficient (Wildman–Crippen LogP) is -12.2. The van der Waals surface area contributed by atoms with Gasteiger partial charge in [0.2, 0.25) is 20.8 Å². The Hall–Kier alpha value is 3.86. The topological polar surface area (TPSA) is 173 Å². The van der Waals surface area contributed by atoms with Crippen molar-refractivity contribution < 1.29 is 199 Å². The van der Waals surface area contributed by atoms with Crippen LogP contribution in [0.1, 0.15) is 0 Å². The van der Waals surface area contributed by atoms with E-state index < -0.39 is 26.8 Å². The van der Waals surface area contributed by atoms with Crippen LogP contribution in [-0.2, 0) is 34.3 Å². The summed E-state index contributed by atoms with van der Waals surface area (Å²) in [6.07, 6.45) is 0.722. The molecule has 0 unspecified atom stereocenters. The van der Waals surface area contributed by atoms with Gasteiger partial charge >= 0.3 is 154 Å². The molecule has 0 saturated heterocycles. The van der Waals surface area contributed by atoms with Gasteiger partial charge in [0.25, 0.3) is 0 Å². The van der Waals surface area contributed by atoms with E-state index in [2.05, 4.69) is 15.2 Å². The third-order valence-corrected chi connectivity index (χ3v) is 0.917. The van der Waals surface area contributed by atoms with Gasteiger partial charge in [-0.05, 0) is 6.08 Å². The smallest absolute Gasteiger partial charge is 0.724 e.